The molecule has 1 aromatic rings. The number of rotatable bonds is 8. The van der Waals surface area contributed by atoms with Gasteiger partial charge in [0.2, 0.25) is 0 Å². The van der Waals surface area contributed by atoms with Crippen molar-refractivity contribution in [1.82, 2.24) is 4.90 Å². The lowest BCUT2D eigenvalue weighted by atomic mass is 10.1. The molecule has 0 amide bonds. The summed E-state index contributed by atoms with van der Waals surface area (Å²) in [6, 6.07) is 8.52. The molecular weight excluding hydrogens is 308 g/mol. The van der Waals surface area contributed by atoms with Crippen LogP contribution in [0, 0.1) is 0 Å². The maximum Gasteiger partial charge on any atom is 0.158 e. The molecule has 1 aromatic carbocycles. The van der Waals surface area contributed by atoms with Gasteiger partial charge in [-0.05, 0) is 24.7 Å². The van der Waals surface area contributed by atoms with Crippen molar-refractivity contribution in [3.8, 4) is 0 Å². The van der Waals surface area contributed by atoms with Gasteiger partial charge in [0.1, 0.15) is 0 Å². The number of hydrogen-bond donors (Lipinski definition) is 1. The zero-order valence-electron chi connectivity index (χ0n) is 11.8. The van der Waals surface area contributed by atoms with E-state index in [9.17, 15) is 0 Å². The van der Waals surface area contributed by atoms with Crippen LogP contribution in [0.2, 0.25) is 0 Å². The molecule has 0 saturated carbocycles. The third-order valence-corrected chi connectivity index (χ3v) is 3.70. The number of nitrogens with two attached hydrogens (primary N) is 1. The number of halogens is 1. The van der Waals surface area contributed by atoms with Crippen LogP contribution in [-0.4, -0.2) is 45.0 Å². The van der Waals surface area contributed by atoms with E-state index in [4.69, 9.17) is 15.2 Å². The first-order chi connectivity index (χ1) is 9.10. The Morgan fingerprint density at radius 3 is 2.53 bits per heavy atom. The van der Waals surface area contributed by atoms with Gasteiger partial charge in [-0.25, -0.2) is 0 Å². The minimum absolute atomic E-state index is 0.210. The van der Waals surface area contributed by atoms with Crippen LogP contribution in [0.5, 0.6) is 0 Å². The number of methoxy groups -OCH3 is 2. The molecule has 1 atom stereocenters. The second-order valence-corrected chi connectivity index (χ2v) is 5.49. The summed E-state index contributed by atoms with van der Waals surface area (Å²) in [6.07, 6.45) is 0.548. The van der Waals surface area contributed by atoms with Crippen LogP contribution in [0.1, 0.15) is 12.0 Å². The van der Waals surface area contributed by atoms with Crippen LogP contribution in [-0.2, 0) is 16.0 Å². The van der Waals surface area contributed by atoms with E-state index in [1.807, 2.05) is 12.1 Å². The molecule has 19 heavy (non-hydrogen) atoms. The summed E-state index contributed by atoms with van der Waals surface area (Å²) in [5.74, 6) is 0. The third kappa shape index (κ3) is 5.58. The minimum Gasteiger partial charge on any atom is -0.356 e. The van der Waals surface area contributed by atoms with Gasteiger partial charge in [-0.1, -0.05) is 28.1 Å². The number of nitrogens with zero attached hydrogens (tertiary/aromatic N) is 1. The Kier molecular flexibility index (Phi) is 7.56. The number of benzene rings is 1. The fraction of sp³-hybridized carbons (Fsp3) is 0.571. The van der Waals surface area contributed by atoms with Crippen molar-refractivity contribution in [1.29, 1.82) is 0 Å². The molecule has 1 rings (SSSR count). The van der Waals surface area contributed by atoms with Crippen molar-refractivity contribution in [3.63, 3.8) is 0 Å². The Morgan fingerprint density at radius 2 is 2.00 bits per heavy atom. The second-order valence-electron chi connectivity index (χ2n) is 4.57. The van der Waals surface area contributed by atoms with Crippen LogP contribution in [0.4, 0.5) is 0 Å². The summed E-state index contributed by atoms with van der Waals surface area (Å²) in [4.78, 5) is 2.23. The Balaban J connectivity index is 2.60. The van der Waals surface area contributed by atoms with E-state index in [2.05, 4.69) is 40.0 Å². The zero-order valence-corrected chi connectivity index (χ0v) is 13.4. The van der Waals surface area contributed by atoms with Crippen LogP contribution < -0.4 is 5.73 Å². The van der Waals surface area contributed by atoms with Crippen molar-refractivity contribution in [2.75, 3.05) is 27.8 Å². The Hall–Kier alpha value is -0.460. The first-order valence-electron chi connectivity index (χ1n) is 6.31. The van der Waals surface area contributed by atoms with Crippen LogP contribution in [0.15, 0.2) is 28.7 Å². The first kappa shape index (κ1) is 16.6. The van der Waals surface area contributed by atoms with E-state index < -0.39 is 0 Å². The van der Waals surface area contributed by atoms with Crippen molar-refractivity contribution in [2.45, 2.75) is 25.3 Å². The average molecular weight is 331 g/mol. The summed E-state index contributed by atoms with van der Waals surface area (Å²) in [7, 11) is 5.37. The quantitative estimate of drug-likeness (QED) is 0.742. The maximum absolute atomic E-state index is 5.85. The van der Waals surface area contributed by atoms with Crippen molar-refractivity contribution in [2.24, 2.45) is 5.73 Å². The minimum atomic E-state index is -0.210. The molecule has 0 aromatic heterocycles. The van der Waals surface area contributed by atoms with Crippen molar-refractivity contribution >= 4 is 15.9 Å². The van der Waals surface area contributed by atoms with Gasteiger partial charge in [0, 0.05) is 44.2 Å². The molecular formula is C14H23BrN2O2. The van der Waals surface area contributed by atoms with Gasteiger partial charge in [0.05, 0.1) is 0 Å². The van der Waals surface area contributed by atoms with Crippen LogP contribution in [0.3, 0.4) is 0 Å². The SMILES string of the molecule is COC(CC(CN)N(C)Cc1cccc(Br)c1)OC. The molecule has 0 spiro atoms. The van der Waals surface area contributed by atoms with Gasteiger partial charge in [0.15, 0.2) is 6.29 Å². The fourth-order valence-corrected chi connectivity index (χ4v) is 2.47. The third-order valence-electron chi connectivity index (χ3n) is 3.21. The highest BCUT2D eigenvalue weighted by Crippen LogP contribution is 2.15. The van der Waals surface area contributed by atoms with Crippen LogP contribution >= 0.6 is 15.9 Å². The monoisotopic (exact) mass is 330 g/mol. The summed E-state index contributed by atoms with van der Waals surface area (Å²) in [6.45, 7) is 1.43. The molecule has 108 valence electrons. The molecule has 0 saturated heterocycles. The summed E-state index contributed by atoms with van der Waals surface area (Å²) >= 11 is 3.49. The topological polar surface area (TPSA) is 47.7 Å². The second kappa shape index (κ2) is 8.66. The molecule has 0 aliphatic carbocycles. The summed E-state index contributed by atoms with van der Waals surface area (Å²) < 4.78 is 11.6. The smallest absolute Gasteiger partial charge is 0.158 e. The van der Waals surface area contributed by atoms with Crippen molar-refractivity contribution in [3.05, 3.63) is 34.3 Å². The highest BCUT2D eigenvalue weighted by Gasteiger charge is 2.18. The van der Waals surface area contributed by atoms with E-state index in [1.54, 1.807) is 14.2 Å². The molecule has 0 radical (unpaired) electrons. The lowest BCUT2D eigenvalue weighted by Gasteiger charge is -2.29. The van der Waals surface area contributed by atoms with Crippen LogP contribution in [0.25, 0.3) is 0 Å². The van der Waals surface area contributed by atoms with Gasteiger partial charge in [0.25, 0.3) is 0 Å². The van der Waals surface area contributed by atoms with E-state index in [0.29, 0.717) is 6.54 Å². The Bertz CT molecular complexity index is 372. The number of likely N-dealkylation sites (N-methyl/N-ethyl adjacent to an activating group) is 1. The van der Waals surface area contributed by atoms with Gasteiger partial charge in [-0.3, -0.25) is 4.90 Å². The molecule has 0 aliphatic heterocycles. The van der Waals surface area contributed by atoms with Gasteiger partial charge in [-0.15, -0.1) is 0 Å². The average Bonchev–Trinajstić information content (AvgIpc) is 2.40. The van der Waals surface area contributed by atoms with E-state index >= 15 is 0 Å². The fourth-order valence-electron chi connectivity index (χ4n) is 2.02. The summed E-state index contributed by atoms with van der Waals surface area (Å²) in [5, 5.41) is 0. The number of ether oxygens (including phenoxy) is 2. The molecule has 2 N–H and O–H groups in total. The van der Waals surface area contributed by atoms with E-state index in [-0.39, 0.29) is 12.3 Å². The normalized spacial score (nSPS) is 13.2. The lowest BCUT2D eigenvalue weighted by Crippen LogP contribution is -2.40. The predicted octanol–water partition coefficient (Wildman–Crippen LogP) is 2.22. The first-order valence-corrected chi connectivity index (χ1v) is 7.10. The molecule has 0 aliphatic rings. The molecule has 4 nitrogen and oxygen atoms in total. The van der Waals surface area contributed by atoms with E-state index in [1.165, 1.54) is 5.56 Å². The predicted molar refractivity (Wildman–Crippen MR) is 80.9 cm³/mol. The summed E-state index contributed by atoms with van der Waals surface area (Å²) in [5.41, 5.74) is 7.10. The van der Waals surface area contributed by atoms with E-state index in [0.717, 1.165) is 17.4 Å². The van der Waals surface area contributed by atoms with Gasteiger partial charge >= 0.3 is 0 Å². The highest BCUT2D eigenvalue weighted by atomic mass is 79.9. The Morgan fingerprint density at radius 1 is 1.32 bits per heavy atom. The molecule has 1 unspecified atom stereocenters. The maximum atomic E-state index is 5.85. The molecule has 0 bridgehead atoms. The lowest BCUT2D eigenvalue weighted by molar-refractivity contribution is -0.116. The molecule has 0 fully saturated rings. The molecule has 0 heterocycles. The highest BCUT2D eigenvalue weighted by molar-refractivity contribution is 9.10. The van der Waals surface area contributed by atoms with Gasteiger partial charge < -0.3 is 15.2 Å². The largest absolute Gasteiger partial charge is 0.356 e. The zero-order chi connectivity index (χ0) is 14.3. The Labute approximate surface area is 124 Å². The standard InChI is InChI=1S/C14H23BrN2O2/c1-17(10-11-5-4-6-12(15)7-11)13(9-16)8-14(18-2)19-3/h4-7,13-14H,8-10,16H2,1-3H3. The van der Waals surface area contributed by atoms with Gasteiger partial charge in [-0.2, -0.15) is 0 Å². The number of hydrogen-bond acceptors (Lipinski definition) is 4. The molecule has 5 heteroatoms. The van der Waals surface area contributed by atoms with Crippen molar-refractivity contribution < 1.29 is 9.47 Å².